The Morgan fingerprint density at radius 3 is 1.43 bits per heavy atom. The molecule has 40 heavy (non-hydrogen) atoms. The van der Waals surface area contributed by atoms with E-state index in [2.05, 4.69) is 94.3 Å². The fourth-order valence-electron chi connectivity index (χ4n) is 5.09. The Morgan fingerprint density at radius 2 is 0.900 bits per heavy atom. The number of anilines is 2. The molecule has 4 nitrogen and oxygen atoms in total. The number of unbranched alkanes of at least 4 members (excludes halogenated alkanes) is 9. The van der Waals surface area contributed by atoms with Crippen LogP contribution in [-0.4, -0.2) is 0 Å². The third kappa shape index (κ3) is 10.7. The molecule has 4 N–H and O–H groups in total. The standard InChI is InChI=1S/C34H42N4.2BrH/c35-33-22-21-32(30-19-13-10-14-20-30)28-38(33)25-16-8-6-4-2-1-3-5-7-15-24-37-26-23-31(27-34(37)36)29-17-11-9-12-18-29;;/h9-14,17-23,26-28,35-36H,1-8,15-16,24-25H2;2*1H. The number of aromatic nitrogens is 2. The average Bonchev–Trinajstić information content (AvgIpc) is 2.96. The summed E-state index contributed by atoms with van der Waals surface area (Å²) in [4.78, 5) is 0. The van der Waals surface area contributed by atoms with E-state index in [4.69, 9.17) is 11.5 Å². The van der Waals surface area contributed by atoms with Gasteiger partial charge in [-0.2, -0.15) is 0 Å². The van der Waals surface area contributed by atoms with Crippen molar-refractivity contribution in [1.82, 2.24) is 0 Å². The van der Waals surface area contributed by atoms with Crippen LogP contribution in [0.3, 0.4) is 0 Å². The molecule has 0 fully saturated rings. The van der Waals surface area contributed by atoms with Crippen molar-refractivity contribution in [1.29, 1.82) is 0 Å². The molecule has 0 aliphatic carbocycles. The molecule has 2 aromatic heterocycles. The lowest BCUT2D eigenvalue weighted by Gasteiger charge is -2.07. The number of pyridine rings is 2. The lowest BCUT2D eigenvalue weighted by atomic mass is 10.1. The van der Waals surface area contributed by atoms with Gasteiger partial charge in [0.2, 0.25) is 0 Å². The monoisotopic (exact) mass is 666 g/mol. The Kier molecular flexibility index (Phi) is 15.6. The number of nitrogens with two attached hydrogens (primary N) is 2. The second-order valence-corrected chi connectivity index (χ2v) is 10.3. The van der Waals surface area contributed by atoms with Gasteiger partial charge in [-0.05, 0) is 54.5 Å². The van der Waals surface area contributed by atoms with Gasteiger partial charge < -0.3 is 34.0 Å². The first-order valence-electron chi connectivity index (χ1n) is 14.4. The molecule has 0 radical (unpaired) electrons. The van der Waals surface area contributed by atoms with Crippen LogP contribution < -0.4 is 54.6 Å². The summed E-state index contributed by atoms with van der Waals surface area (Å²) in [7, 11) is 0. The van der Waals surface area contributed by atoms with Crippen molar-refractivity contribution in [3.8, 4) is 22.3 Å². The van der Waals surface area contributed by atoms with Crippen LogP contribution in [-0.2, 0) is 13.1 Å². The summed E-state index contributed by atoms with van der Waals surface area (Å²) in [6, 6.07) is 29.3. The summed E-state index contributed by atoms with van der Waals surface area (Å²) in [6.45, 7) is 1.99. The molecule has 0 aliphatic heterocycles. The topological polar surface area (TPSA) is 59.8 Å². The van der Waals surface area contributed by atoms with Crippen molar-refractivity contribution in [2.45, 2.75) is 77.3 Å². The lowest BCUT2D eigenvalue weighted by Crippen LogP contribution is -3.00. The molecule has 6 heteroatoms. The molecule has 214 valence electrons. The number of rotatable bonds is 15. The summed E-state index contributed by atoms with van der Waals surface area (Å²) in [5.41, 5.74) is 17.4. The maximum absolute atomic E-state index is 6.32. The largest absolute Gasteiger partial charge is 1.00 e. The van der Waals surface area contributed by atoms with Gasteiger partial charge in [0.25, 0.3) is 11.6 Å². The second-order valence-electron chi connectivity index (χ2n) is 10.3. The molecule has 0 spiro atoms. The minimum absolute atomic E-state index is 0. The van der Waals surface area contributed by atoms with Crippen LogP contribution in [0.25, 0.3) is 22.3 Å². The van der Waals surface area contributed by atoms with Gasteiger partial charge in [-0.15, -0.1) is 0 Å². The van der Waals surface area contributed by atoms with E-state index in [-0.39, 0.29) is 34.0 Å². The number of hydrogen-bond donors (Lipinski definition) is 2. The van der Waals surface area contributed by atoms with Gasteiger partial charge >= 0.3 is 0 Å². The number of hydrogen-bond acceptors (Lipinski definition) is 2. The van der Waals surface area contributed by atoms with E-state index in [0.29, 0.717) is 0 Å². The smallest absolute Gasteiger partial charge is 0.272 e. The zero-order valence-electron chi connectivity index (χ0n) is 23.5. The fourth-order valence-corrected chi connectivity index (χ4v) is 5.09. The summed E-state index contributed by atoms with van der Waals surface area (Å²) in [5.74, 6) is 1.69. The van der Waals surface area contributed by atoms with Gasteiger partial charge in [-0.1, -0.05) is 99.2 Å². The minimum atomic E-state index is 0. The van der Waals surface area contributed by atoms with E-state index in [0.717, 1.165) is 24.7 Å². The van der Waals surface area contributed by atoms with Crippen molar-refractivity contribution in [3.63, 3.8) is 0 Å². The van der Waals surface area contributed by atoms with E-state index in [9.17, 15) is 0 Å². The first-order chi connectivity index (χ1) is 18.7. The number of halogens is 2. The third-order valence-corrected chi connectivity index (χ3v) is 7.39. The molecule has 0 saturated heterocycles. The highest BCUT2D eigenvalue weighted by atomic mass is 79.9. The Balaban J connectivity index is 0.00000280. The average molecular weight is 669 g/mol. The van der Waals surface area contributed by atoms with Crippen LogP contribution in [0, 0.1) is 0 Å². The van der Waals surface area contributed by atoms with Gasteiger partial charge in [-0.25, -0.2) is 9.13 Å². The molecule has 0 aliphatic rings. The van der Waals surface area contributed by atoms with Gasteiger partial charge in [0.05, 0.1) is 25.5 Å². The number of nitrogens with zero attached hydrogens (tertiary/aromatic N) is 2. The van der Waals surface area contributed by atoms with Crippen molar-refractivity contribution in [2.24, 2.45) is 0 Å². The van der Waals surface area contributed by atoms with Crippen molar-refractivity contribution in [2.75, 3.05) is 11.5 Å². The first-order valence-corrected chi connectivity index (χ1v) is 14.4. The van der Waals surface area contributed by atoms with Crippen LogP contribution >= 0.6 is 0 Å². The summed E-state index contributed by atoms with van der Waals surface area (Å²) in [5, 5.41) is 0. The van der Waals surface area contributed by atoms with Crippen molar-refractivity contribution < 1.29 is 43.1 Å². The SMILES string of the molecule is Nc1cc(-c2ccccc2)cc[n+]1CCCCCCCCCCCC[n+]1cc(-c2ccccc2)ccc1N.[Br-].[Br-]. The predicted molar refractivity (Wildman–Crippen MR) is 159 cm³/mol. The molecule has 0 saturated carbocycles. The molecule has 0 amide bonds. The fraction of sp³-hybridized carbons (Fsp3) is 0.353. The van der Waals surface area contributed by atoms with Crippen LogP contribution in [0.1, 0.15) is 64.2 Å². The van der Waals surface area contributed by atoms with Gasteiger partial charge in [0.15, 0.2) is 0 Å². The highest BCUT2D eigenvalue weighted by Gasteiger charge is 2.08. The van der Waals surface area contributed by atoms with E-state index >= 15 is 0 Å². The molecule has 2 heterocycles. The Labute approximate surface area is 262 Å². The van der Waals surface area contributed by atoms with E-state index in [1.165, 1.54) is 86.5 Å². The minimum Gasteiger partial charge on any atom is -1.00 e. The maximum Gasteiger partial charge on any atom is 0.272 e. The van der Waals surface area contributed by atoms with E-state index in [1.54, 1.807) is 0 Å². The van der Waals surface area contributed by atoms with Crippen molar-refractivity contribution in [3.05, 3.63) is 97.3 Å². The molecule has 0 atom stereocenters. The normalized spacial score (nSPS) is 10.5. The molecular formula is C34H44Br2N4. The first kappa shape index (κ1) is 33.5. The van der Waals surface area contributed by atoms with Crippen LogP contribution in [0.15, 0.2) is 97.3 Å². The molecule has 4 rings (SSSR count). The van der Waals surface area contributed by atoms with Gasteiger partial charge in [0.1, 0.15) is 0 Å². The number of aryl methyl sites for hydroxylation is 2. The Morgan fingerprint density at radius 1 is 0.425 bits per heavy atom. The van der Waals surface area contributed by atoms with Crippen molar-refractivity contribution >= 4 is 11.6 Å². The summed E-state index contributed by atoms with van der Waals surface area (Å²) >= 11 is 0. The number of nitrogen functional groups attached to an aromatic ring is 2. The van der Waals surface area contributed by atoms with Crippen LogP contribution in [0.2, 0.25) is 0 Å². The summed E-state index contributed by atoms with van der Waals surface area (Å²) < 4.78 is 4.38. The van der Waals surface area contributed by atoms with Crippen LogP contribution in [0.4, 0.5) is 11.6 Å². The second kappa shape index (κ2) is 18.6. The zero-order chi connectivity index (χ0) is 26.4. The molecular weight excluding hydrogens is 624 g/mol. The molecule has 0 bridgehead atoms. The highest BCUT2D eigenvalue weighted by molar-refractivity contribution is 5.64. The quantitative estimate of drug-likeness (QED) is 0.149. The molecule has 4 aromatic rings. The van der Waals surface area contributed by atoms with E-state index < -0.39 is 0 Å². The molecule has 2 aromatic carbocycles. The Bertz CT molecular complexity index is 1250. The van der Waals surface area contributed by atoms with Gasteiger partial charge in [0, 0.05) is 17.7 Å². The predicted octanol–water partition coefficient (Wildman–Crippen LogP) is 1.37. The third-order valence-electron chi connectivity index (χ3n) is 7.39. The zero-order valence-corrected chi connectivity index (χ0v) is 26.7. The molecule has 0 unspecified atom stereocenters. The van der Waals surface area contributed by atoms with Crippen LogP contribution in [0.5, 0.6) is 0 Å². The summed E-state index contributed by atoms with van der Waals surface area (Å²) in [6.07, 6.45) is 17.2. The van der Waals surface area contributed by atoms with Gasteiger partial charge in [-0.3, -0.25) is 11.5 Å². The van der Waals surface area contributed by atoms with E-state index in [1.807, 2.05) is 12.1 Å². The lowest BCUT2D eigenvalue weighted by molar-refractivity contribution is -0.683. The highest BCUT2D eigenvalue weighted by Crippen LogP contribution is 2.20. The maximum atomic E-state index is 6.32. The Hall–Kier alpha value is -2.70. The number of benzene rings is 2.